The second-order valence-electron chi connectivity index (χ2n) is 3.07. The number of rotatable bonds is 2. The number of aromatic nitrogens is 1. The summed E-state index contributed by atoms with van der Waals surface area (Å²) < 4.78 is 62.4. The van der Waals surface area contributed by atoms with Crippen LogP contribution in [-0.4, -0.2) is 4.98 Å². The number of pyridine rings is 1. The van der Waals surface area contributed by atoms with Gasteiger partial charge in [0.05, 0.1) is 23.7 Å². The monoisotopic (exact) mass is 252 g/mol. The largest absolute Gasteiger partial charge is 0.416 e. The van der Waals surface area contributed by atoms with Crippen molar-refractivity contribution in [2.75, 3.05) is 0 Å². The molecule has 92 valence electrons. The molecular weight excluding hydrogens is 247 g/mol. The van der Waals surface area contributed by atoms with Gasteiger partial charge >= 0.3 is 6.18 Å². The van der Waals surface area contributed by atoms with Crippen LogP contribution in [0.1, 0.15) is 23.2 Å². The molecule has 17 heavy (non-hydrogen) atoms. The highest BCUT2D eigenvalue weighted by Crippen LogP contribution is 2.34. The number of H-pyrrole nitrogens is 1. The van der Waals surface area contributed by atoms with E-state index < -0.39 is 41.4 Å². The third-order valence-corrected chi connectivity index (χ3v) is 1.96. The van der Waals surface area contributed by atoms with Crippen LogP contribution in [0.25, 0.3) is 0 Å². The predicted molar refractivity (Wildman–Crippen MR) is 46.3 cm³/mol. The lowest BCUT2D eigenvalue weighted by Crippen LogP contribution is -2.20. The van der Waals surface area contributed by atoms with Gasteiger partial charge in [0.15, 0.2) is 0 Å². The minimum atomic E-state index is -4.95. The molecular formula is C9H5F5N2O. The molecule has 0 radical (unpaired) electrons. The van der Waals surface area contributed by atoms with Crippen LogP contribution in [0, 0.1) is 11.3 Å². The van der Waals surface area contributed by atoms with Gasteiger partial charge in [-0.1, -0.05) is 0 Å². The van der Waals surface area contributed by atoms with Crippen molar-refractivity contribution >= 4 is 0 Å². The van der Waals surface area contributed by atoms with Crippen molar-refractivity contribution in [2.24, 2.45) is 0 Å². The number of hydrogen-bond donors (Lipinski definition) is 1. The minimum Gasteiger partial charge on any atom is -0.321 e. The molecule has 1 aromatic heterocycles. The van der Waals surface area contributed by atoms with Crippen molar-refractivity contribution in [3.8, 4) is 6.07 Å². The molecule has 3 nitrogen and oxygen atoms in total. The molecule has 1 rings (SSSR count). The van der Waals surface area contributed by atoms with Crippen molar-refractivity contribution in [1.29, 1.82) is 5.26 Å². The summed E-state index contributed by atoms with van der Waals surface area (Å²) in [4.78, 5) is 12.5. The van der Waals surface area contributed by atoms with Crippen molar-refractivity contribution in [2.45, 2.75) is 19.0 Å². The molecule has 0 amide bonds. The molecule has 1 N–H and O–H groups in total. The zero-order valence-corrected chi connectivity index (χ0v) is 8.11. The van der Waals surface area contributed by atoms with Crippen molar-refractivity contribution < 1.29 is 22.0 Å². The number of nitriles is 1. The third-order valence-electron chi connectivity index (χ3n) is 1.96. The van der Waals surface area contributed by atoms with Gasteiger partial charge in [-0.05, 0) is 0 Å². The van der Waals surface area contributed by atoms with E-state index in [9.17, 15) is 26.7 Å². The Bertz CT molecular complexity index is 512. The van der Waals surface area contributed by atoms with Gasteiger partial charge in [0.2, 0.25) is 5.56 Å². The standard InChI is InChI=1S/C9H5F5N2O/c10-8(11)7-4(1-2-15)5(9(12,13)14)3-6(17)16-7/h3,8H,1H2,(H,16,17). The van der Waals surface area contributed by atoms with Crippen LogP contribution < -0.4 is 5.56 Å². The summed E-state index contributed by atoms with van der Waals surface area (Å²) in [7, 11) is 0. The number of halogens is 5. The Kier molecular flexibility index (Phi) is 3.50. The Labute approximate surface area is 91.5 Å². The Morgan fingerprint density at radius 1 is 1.41 bits per heavy atom. The minimum absolute atomic E-state index is 0.165. The van der Waals surface area contributed by atoms with Crippen LogP contribution in [0.2, 0.25) is 0 Å². The molecule has 0 aliphatic rings. The maximum absolute atomic E-state index is 12.5. The molecule has 1 aromatic rings. The molecule has 0 unspecified atom stereocenters. The van der Waals surface area contributed by atoms with Gasteiger partial charge in [-0.3, -0.25) is 4.79 Å². The van der Waals surface area contributed by atoms with E-state index in [1.165, 1.54) is 6.07 Å². The van der Waals surface area contributed by atoms with Gasteiger partial charge < -0.3 is 4.98 Å². The van der Waals surface area contributed by atoms with Gasteiger partial charge in [0.1, 0.15) is 0 Å². The molecule has 0 aromatic carbocycles. The van der Waals surface area contributed by atoms with E-state index >= 15 is 0 Å². The van der Waals surface area contributed by atoms with Crippen LogP contribution in [0.4, 0.5) is 22.0 Å². The molecule has 8 heteroatoms. The summed E-state index contributed by atoms with van der Waals surface area (Å²) in [5, 5.41) is 8.33. The summed E-state index contributed by atoms with van der Waals surface area (Å²) in [6.45, 7) is 0. The molecule has 0 aliphatic heterocycles. The maximum atomic E-state index is 12.5. The Hall–Kier alpha value is -1.91. The third kappa shape index (κ3) is 2.81. The van der Waals surface area contributed by atoms with E-state index in [0.29, 0.717) is 0 Å². The molecule has 0 spiro atoms. The average Bonchev–Trinajstić information content (AvgIpc) is 2.18. The normalized spacial score (nSPS) is 11.6. The highest BCUT2D eigenvalue weighted by molar-refractivity contribution is 5.35. The number of hydrogen-bond acceptors (Lipinski definition) is 2. The second-order valence-corrected chi connectivity index (χ2v) is 3.07. The van der Waals surface area contributed by atoms with Gasteiger partial charge in [-0.15, -0.1) is 0 Å². The summed E-state index contributed by atoms with van der Waals surface area (Å²) in [6.07, 6.45) is -9.09. The van der Waals surface area contributed by atoms with Crippen LogP contribution in [-0.2, 0) is 12.6 Å². The van der Waals surface area contributed by atoms with Crippen LogP contribution in [0.3, 0.4) is 0 Å². The molecule has 0 bridgehead atoms. The van der Waals surface area contributed by atoms with E-state index in [-0.39, 0.29) is 6.07 Å². The molecule has 0 saturated heterocycles. The van der Waals surface area contributed by atoms with Crippen LogP contribution in [0.15, 0.2) is 10.9 Å². The maximum Gasteiger partial charge on any atom is 0.416 e. The number of alkyl halides is 5. The van der Waals surface area contributed by atoms with E-state index in [2.05, 4.69) is 0 Å². The number of nitrogens with zero attached hydrogens (tertiary/aromatic N) is 1. The smallest absolute Gasteiger partial charge is 0.321 e. The first kappa shape index (κ1) is 13.2. The fourth-order valence-corrected chi connectivity index (χ4v) is 1.32. The van der Waals surface area contributed by atoms with Gasteiger partial charge in [0, 0.05) is 11.6 Å². The van der Waals surface area contributed by atoms with Crippen LogP contribution in [0.5, 0.6) is 0 Å². The fourth-order valence-electron chi connectivity index (χ4n) is 1.32. The molecule has 0 aliphatic carbocycles. The number of aromatic amines is 1. The first-order valence-electron chi connectivity index (χ1n) is 4.25. The van der Waals surface area contributed by atoms with Crippen molar-refractivity contribution in [1.82, 2.24) is 4.98 Å². The Morgan fingerprint density at radius 3 is 2.41 bits per heavy atom. The first-order valence-corrected chi connectivity index (χ1v) is 4.25. The summed E-state index contributed by atoms with van der Waals surface area (Å²) >= 11 is 0. The molecule has 0 saturated carbocycles. The molecule has 0 fully saturated rings. The topological polar surface area (TPSA) is 56.6 Å². The van der Waals surface area contributed by atoms with Gasteiger partial charge in [0.25, 0.3) is 6.43 Å². The van der Waals surface area contributed by atoms with E-state index in [1.807, 2.05) is 0 Å². The quantitative estimate of drug-likeness (QED) is 0.821. The zero-order chi connectivity index (χ0) is 13.2. The SMILES string of the molecule is N#CCc1c(C(F)(F)F)cc(=O)[nH]c1C(F)F. The average molecular weight is 252 g/mol. The van der Waals surface area contributed by atoms with E-state index in [0.717, 1.165) is 0 Å². The zero-order valence-electron chi connectivity index (χ0n) is 8.11. The lowest BCUT2D eigenvalue weighted by molar-refractivity contribution is -0.138. The summed E-state index contributed by atoms with van der Waals surface area (Å²) in [5.74, 6) is 0. The van der Waals surface area contributed by atoms with E-state index in [4.69, 9.17) is 5.26 Å². The molecule has 0 atom stereocenters. The second kappa shape index (κ2) is 4.53. The summed E-state index contributed by atoms with van der Waals surface area (Å²) in [5.41, 5.74) is -4.84. The van der Waals surface area contributed by atoms with Crippen molar-refractivity contribution in [3.05, 3.63) is 33.2 Å². The summed E-state index contributed by atoms with van der Waals surface area (Å²) in [6, 6.07) is 1.52. The Balaban J connectivity index is 3.59. The first-order chi connectivity index (χ1) is 7.77. The lowest BCUT2D eigenvalue weighted by atomic mass is 10.0. The van der Waals surface area contributed by atoms with Crippen molar-refractivity contribution in [3.63, 3.8) is 0 Å². The van der Waals surface area contributed by atoms with E-state index in [1.54, 1.807) is 4.98 Å². The highest BCUT2D eigenvalue weighted by atomic mass is 19.4. The fraction of sp³-hybridized carbons (Fsp3) is 0.333. The highest BCUT2D eigenvalue weighted by Gasteiger charge is 2.36. The molecule has 1 heterocycles. The Morgan fingerprint density at radius 2 is 2.00 bits per heavy atom. The lowest BCUT2D eigenvalue weighted by Gasteiger charge is -2.13. The van der Waals surface area contributed by atoms with Gasteiger partial charge in [-0.25, -0.2) is 8.78 Å². The van der Waals surface area contributed by atoms with Crippen LogP contribution >= 0.6 is 0 Å². The number of nitrogens with one attached hydrogen (secondary N) is 1. The van der Waals surface area contributed by atoms with Gasteiger partial charge in [-0.2, -0.15) is 18.4 Å². The predicted octanol–water partition coefficient (Wildman–Crippen LogP) is 2.40.